The molecule has 1 atom stereocenters. The van der Waals surface area contributed by atoms with E-state index in [-0.39, 0.29) is 0 Å². The van der Waals surface area contributed by atoms with E-state index >= 15 is 0 Å². The fourth-order valence-corrected chi connectivity index (χ4v) is 1.49. The van der Waals surface area contributed by atoms with Gasteiger partial charge >= 0.3 is 0 Å². The van der Waals surface area contributed by atoms with E-state index < -0.39 is 0 Å². The first-order valence-corrected chi connectivity index (χ1v) is 4.83. The minimum atomic E-state index is 0.840. The Bertz CT molecular complexity index is 437. The molecule has 1 heterocycles. The summed E-state index contributed by atoms with van der Waals surface area (Å²) in [6.07, 6.45) is 0. The fraction of sp³-hybridized carbons (Fsp3) is 0.273. The van der Waals surface area contributed by atoms with Crippen molar-refractivity contribution in [3.05, 3.63) is 29.8 Å². The molecule has 0 spiro atoms. The third kappa shape index (κ3) is 1.76. The van der Waals surface area contributed by atoms with Crippen LogP contribution in [0.1, 0.15) is 12.5 Å². The van der Waals surface area contributed by atoms with Gasteiger partial charge in [-0.3, -0.25) is 0 Å². The lowest BCUT2D eigenvalue weighted by atomic mass is 10.2. The fourth-order valence-electron chi connectivity index (χ4n) is 1.49. The third-order valence-electron chi connectivity index (χ3n) is 2.54. The van der Waals surface area contributed by atoms with Crippen molar-refractivity contribution in [2.75, 3.05) is 14.2 Å². The van der Waals surface area contributed by atoms with Gasteiger partial charge in [-0.2, -0.15) is 0 Å². The molecule has 1 N–H and O–H groups in total. The second kappa shape index (κ2) is 3.82. The van der Waals surface area contributed by atoms with Crippen LogP contribution < -0.4 is 9.64 Å². The number of rotatable bonds is 2. The third-order valence-corrected chi connectivity index (χ3v) is 2.54. The number of ether oxygens (including phenoxy) is 1. The number of amidine groups is 2. The number of methoxy groups -OCH3 is 1. The minimum Gasteiger partial charge on any atom is -0.497 e. The van der Waals surface area contributed by atoms with Gasteiger partial charge in [0, 0.05) is 6.92 Å². The highest BCUT2D eigenvalue weighted by atomic mass is 16.5. The van der Waals surface area contributed by atoms with Crippen LogP contribution in [-0.2, 0) is 0 Å². The van der Waals surface area contributed by atoms with Crippen molar-refractivity contribution in [3.8, 4) is 5.75 Å². The summed E-state index contributed by atoms with van der Waals surface area (Å²) < 4.78 is 5.17. The summed E-state index contributed by atoms with van der Waals surface area (Å²) in [5.41, 5.74) is 1.05. The van der Waals surface area contributed by atoms with Crippen molar-refractivity contribution in [1.29, 1.82) is 0 Å². The minimum absolute atomic E-state index is 0.840. The highest BCUT2D eigenvalue weighted by molar-refractivity contribution is 6.00. The van der Waals surface area contributed by atoms with Gasteiger partial charge in [-0.1, -0.05) is 16.3 Å². The molecular weight excluding hydrogens is 190 g/mol. The summed E-state index contributed by atoms with van der Waals surface area (Å²) in [6, 6.07) is 7.86. The molecule has 0 saturated carbocycles. The number of nitrogens with one attached hydrogen (secondary N) is 1. The molecule has 1 aromatic rings. The van der Waals surface area contributed by atoms with Crippen LogP contribution in [-0.4, -0.2) is 25.8 Å². The predicted octanol–water partition coefficient (Wildman–Crippen LogP) is 0.303. The number of benzene rings is 1. The normalized spacial score (nSPS) is 19.8. The molecule has 15 heavy (non-hydrogen) atoms. The highest BCUT2D eigenvalue weighted by Crippen LogP contribution is 2.12. The maximum atomic E-state index is 5.17. The maximum absolute atomic E-state index is 5.17. The molecule has 1 aromatic carbocycles. The highest BCUT2D eigenvalue weighted by Gasteiger charge is 2.23. The summed E-state index contributed by atoms with van der Waals surface area (Å²) in [7, 11) is 3.69. The molecule has 4 heteroatoms. The SMILES string of the molecule is COc1cccc(C2=NN=C(C)[NH+]2C)c1. The molecule has 4 nitrogen and oxygen atoms in total. The van der Waals surface area contributed by atoms with Crippen LogP contribution in [0.2, 0.25) is 0 Å². The van der Waals surface area contributed by atoms with Crippen molar-refractivity contribution in [1.82, 2.24) is 0 Å². The zero-order valence-corrected chi connectivity index (χ0v) is 9.11. The molecule has 0 aliphatic carbocycles. The van der Waals surface area contributed by atoms with Crippen LogP contribution in [0.3, 0.4) is 0 Å². The summed E-state index contributed by atoms with van der Waals surface area (Å²) >= 11 is 0. The number of quaternary nitrogens is 1. The molecule has 78 valence electrons. The lowest BCUT2D eigenvalue weighted by Crippen LogP contribution is -3.12. The molecule has 1 aliphatic heterocycles. The van der Waals surface area contributed by atoms with Gasteiger partial charge in [0.15, 0.2) is 0 Å². The van der Waals surface area contributed by atoms with Crippen molar-refractivity contribution in [2.45, 2.75) is 6.92 Å². The molecule has 2 rings (SSSR count). The average Bonchev–Trinajstić information content (AvgIpc) is 2.60. The molecule has 1 unspecified atom stereocenters. The van der Waals surface area contributed by atoms with Gasteiger partial charge in [0.2, 0.25) is 5.84 Å². The van der Waals surface area contributed by atoms with Crippen LogP contribution in [0.5, 0.6) is 5.75 Å². The van der Waals surface area contributed by atoms with E-state index in [2.05, 4.69) is 10.2 Å². The van der Waals surface area contributed by atoms with E-state index in [1.807, 2.05) is 38.2 Å². The predicted molar refractivity (Wildman–Crippen MR) is 59.5 cm³/mol. The standard InChI is InChI=1S/C11H13N3O/c1-8-12-13-11(14(8)2)9-5-4-6-10(7-9)15-3/h4-7H,1-3H3/p+1. The summed E-state index contributed by atoms with van der Waals surface area (Å²) in [6.45, 7) is 1.96. The van der Waals surface area contributed by atoms with Crippen LogP contribution in [0.15, 0.2) is 34.5 Å². The first-order chi connectivity index (χ1) is 7.22. The van der Waals surface area contributed by atoms with E-state index in [0.29, 0.717) is 0 Å². The van der Waals surface area contributed by atoms with E-state index in [1.54, 1.807) is 7.11 Å². The largest absolute Gasteiger partial charge is 0.497 e. The van der Waals surface area contributed by atoms with Crippen molar-refractivity contribution >= 4 is 11.7 Å². The summed E-state index contributed by atoms with van der Waals surface area (Å²) in [4.78, 5) is 1.13. The Morgan fingerprint density at radius 3 is 2.67 bits per heavy atom. The Hall–Kier alpha value is -1.68. The number of nitrogens with zero attached hydrogens (tertiary/aromatic N) is 2. The van der Waals surface area contributed by atoms with Gasteiger partial charge in [-0.05, 0) is 18.2 Å². The second-order valence-electron chi connectivity index (χ2n) is 3.49. The first-order valence-electron chi connectivity index (χ1n) is 4.83. The summed E-state index contributed by atoms with van der Waals surface area (Å²) in [5, 5.41) is 8.21. The Labute approximate surface area is 88.9 Å². The van der Waals surface area contributed by atoms with Gasteiger partial charge in [-0.15, -0.1) is 0 Å². The van der Waals surface area contributed by atoms with Crippen molar-refractivity contribution < 1.29 is 9.64 Å². The van der Waals surface area contributed by atoms with Gasteiger partial charge in [0.1, 0.15) is 5.75 Å². The molecule has 0 radical (unpaired) electrons. The topological polar surface area (TPSA) is 38.4 Å². The summed E-state index contributed by atoms with van der Waals surface area (Å²) in [5.74, 6) is 2.76. The van der Waals surface area contributed by atoms with E-state index in [4.69, 9.17) is 4.74 Å². The van der Waals surface area contributed by atoms with Crippen LogP contribution in [0.4, 0.5) is 0 Å². The van der Waals surface area contributed by atoms with Crippen molar-refractivity contribution in [2.24, 2.45) is 10.2 Å². The molecule has 0 saturated heterocycles. The lowest BCUT2D eigenvalue weighted by Gasteiger charge is -2.08. The zero-order valence-electron chi connectivity index (χ0n) is 9.11. The van der Waals surface area contributed by atoms with Gasteiger partial charge < -0.3 is 4.74 Å². The van der Waals surface area contributed by atoms with Crippen LogP contribution in [0.25, 0.3) is 0 Å². The Morgan fingerprint density at radius 2 is 2.07 bits per heavy atom. The first kappa shape index (κ1) is 9.86. The van der Waals surface area contributed by atoms with Crippen LogP contribution in [0, 0.1) is 0 Å². The van der Waals surface area contributed by atoms with Gasteiger partial charge in [0.05, 0.1) is 19.7 Å². The quantitative estimate of drug-likeness (QED) is 0.739. The smallest absolute Gasteiger partial charge is 0.258 e. The molecule has 0 aromatic heterocycles. The monoisotopic (exact) mass is 204 g/mol. The number of hydrogen-bond acceptors (Lipinski definition) is 3. The average molecular weight is 204 g/mol. The second-order valence-corrected chi connectivity index (χ2v) is 3.49. The van der Waals surface area contributed by atoms with E-state index in [1.165, 1.54) is 0 Å². The molecule has 0 fully saturated rings. The van der Waals surface area contributed by atoms with Gasteiger partial charge in [-0.25, -0.2) is 4.90 Å². The lowest BCUT2D eigenvalue weighted by molar-refractivity contribution is -0.671. The Balaban J connectivity index is 2.32. The molecule has 0 bridgehead atoms. The van der Waals surface area contributed by atoms with Crippen molar-refractivity contribution in [3.63, 3.8) is 0 Å². The maximum Gasteiger partial charge on any atom is 0.258 e. The van der Waals surface area contributed by atoms with Crippen LogP contribution >= 0.6 is 0 Å². The van der Waals surface area contributed by atoms with Gasteiger partial charge in [0.25, 0.3) is 5.84 Å². The number of hydrogen-bond donors (Lipinski definition) is 1. The Kier molecular flexibility index (Phi) is 2.51. The molecule has 1 aliphatic rings. The van der Waals surface area contributed by atoms with E-state index in [0.717, 1.165) is 27.9 Å². The zero-order chi connectivity index (χ0) is 10.8. The molecule has 0 amide bonds. The van der Waals surface area contributed by atoms with E-state index in [9.17, 15) is 0 Å². The Morgan fingerprint density at radius 1 is 1.27 bits per heavy atom. The molecular formula is C11H14N3O+.